The first kappa shape index (κ1) is 23.0. The van der Waals surface area contributed by atoms with Crippen LogP contribution in [0.15, 0.2) is 24.3 Å². The molecule has 152 valence electrons. The van der Waals surface area contributed by atoms with Crippen LogP contribution in [0.3, 0.4) is 0 Å². The van der Waals surface area contributed by atoms with Gasteiger partial charge in [-0.05, 0) is 44.4 Å². The fraction of sp³-hybridized carbons (Fsp3) is 0.476. The maximum absolute atomic E-state index is 12.2. The van der Waals surface area contributed by atoms with Crippen molar-refractivity contribution < 1.29 is 23.8 Å². The lowest BCUT2D eigenvalue weighted by Gasteiger charge is -2.28. The van der Waals surface area contributed by atoms with Crippen molar-refractivity contribution in [2.75, 3.05) is 13.7 Å². The summed E-state index contributed by atoms with van der Waals surface area (Å²) < 4.78 is 15.8. The summed E-state index contributed by atoms with van der Waals surface area (Å²) in [7, 11) is 1.51. The molecule has 2 unspecified atom stereocenters. The summed E-state index contributed by atoms with van der Waals surface area (Å²) in [5.41, 5.74) is -0.110. The van der Waals surface area contributed by atoms with Crippen molar-refractivity contribution >= 4 is 18.0 Å². The highest BCUT2D eigenvalue weighted by Gasteiger charge is 2.32. The van der Waals surface area contributed by atoms with E-state index in [0.29, 0.717) is 11.5 Å². The lowest BCUT2D eigenvalue weighted by Crippen LogP contribution is -2.52. The van der Waals surface area contributed by atoms with Gasteiger partial charge in [0.05, 0.1) is 13.2 Å². The van der Waals surface area contributed by atoms with Gasteiger partial charge in [-0.1, -0.05) is 32.1 Å². The van der Waals surface area contributed by atoms with Crippen molar-refractivity contribution in [1.82, 2.24) is 5.32 Å². The highest BCUT2D eigenvalue weighted by Crippen LogP contribution is 2.28. The average Bonchev–Trinajstić information content (AvgIpc) is 2.66. The predicted molar refractivity (Wildman–Crippen MR) is 106 cm³/mol. The van der Waals surface area contributed by atoms with Gasteiger partial charge in [-0.3, -0.25) is 4.79 Å². The first-order valence-electron chi connectivity index (χ1n) is 9.03. The Hall–Kier alpha value is -3.01. The summed E-state index contributed by atoms with van der Waals surface area (Å²) in [6.45, 7) is 8.24. The van der Waals surface area contributed by atoms with Gasteiger partial charge in [-0.25, -0.2) is 4.79 Å². The van der Waals surface area contributed by atoms with Crippen LogP contribution in [-0.4, -0.2) is 37.2 Å². The van der Waals surface area contributed by atoms with Gasteiger partial charge in [0.25, 0.3) is 5.91 Å². The number of ether oxygens (including phenoxy) is 3. The second-order valence-corrected chi connectivity index (χ2v) is 6.79. The van der Waals surface area contributed by atoms with Crippen molar-refractivity contribution in [3.05, 3.63) is 29.8 Å². The number of benzene rings is 1. The van der Waals surface area contributed by atoms with Gasteiger partial charge in [0, 0.05) is 0 Å². The number of amides is 1. The van der Waals surface area contributed by atoms with E-state index in [4.69, 9.17) is 14.2 Å². The predicted octanol–water partition coefficient (Wildman–Crippen LogP) is 3.09. The second kappa shape index (κ2) is 10.4. The number of hydrogen-bond acceptors (Lipinski definition) is 6. The Balaban J connectivity index is 2.65. The summed E-state index contributed by atoms with van der Waals surface area (Å²) >= 11 is 0. The molecule has 1 aromatic carbocycles. The van der Waals surface area contributed by atoms with Gasteiger partial charge in [0.2, 0.25) is 0 Å². The maximum atomic E-state index is 12.2. The monoisotopic (exact) mass is 388 g/mol. The van der Waals surface area contributed by atoms with Gasteiger partial charge in [0.15, 0.2) is 24.2 Å². The summed E-state index contributed by atoms with van der Waals surface area (Å²) in [6, 6.07) is 7.38. The normalized spacial score (nSPS) is 14.1. The molecule has 2 atom stereocenters. The van der Waals surface area contributed by atoms with E-state index in [1.165, 1.54) is 14.0 Å². The zero-order valence-corrected chi connectivity index (χ0v) is 17.2. The molecule has 0 aliphatic carbocycles. The highest BCUT2D eigenvalue weighted by molar-refractivity contribution is 5.84. The minimum atomic E-state index is -1.05. The Bertz CT molecular complexity index is 767. The largest absolute Gasteiger partial charge is 0.493 e. The second-order valence-electron chi connectivity index (χ2n) is 6.79. The Kier molecular flexibility index (Phi) is 8.52. The van der Waals surface area contributed by atoms with Crippen molar-refractivity contribution in [1.29, 1.82) is 5.26 Å². The van der Waals surface area contributed by atoms with Crippen LogP contribution in [0.4, 0.5) is 0 Å². The van der Waals surface area contributed by atoms with E-state index in [0.717, 1.165) is 5.56 Å². The molecule has 0 spiro atoms. The highest BCUT2D eigenvalue weighted by atomic mass is 16.6. The Morgan fingerprint density at radius 3 is 2.50 bits per heavy atom. The topological polar surface area (TPSA) is 97.6 Å². The standard InChI is InChI=1S/C21H28N2O5/c1-7-8-16-9-10-17(18(11-16)26-6)27-12-19(24)28-15(4)20(25)23-21(5,13-22)14(2)3/h7-11,14-15H,12H2,1-6H3,(H,23,25)/b8-7+. The molecule has 0 radical (unpaired) electrons. The van der Waals surface area contributed by atoms with E-state index < -0.39 is 23.5 Å². The molecule has 0 saturated heterocycles. The molecule has 0 aliphatic rings. The van der Waals surface area contributed by atoms with Crippen LogP contribution >= 0.6 is 0 Å². The SMILES string of the molecule is C/C=C/c1ccc(OCC(=O)OC(C)C(=O)NC(C)(C#N)C(C)C)c(OC)c1. The van der Waals surface area contributed by atoms with Crippen molar-refractivity contribution in [3.8, 4) is 17.6 Å². The smallest absolute Gasteiger partial charge is 0.344 e. The number of nitrogens with zero attached hydrogens (tertiary/aromatic N) is 1. The minimum Gasteiger partial charge on any atom is -0.493 e. The van der Waals surface area contributed by atoms with E-state index >= 15 is 0 Å². The van der Waals surface area contributed by atoms with Gasteiger partial charge in [0.1, 0.15) is 5.54 Å². The van der Waals surface area contributed by atoms with Crippen LogP contribution in [0.25, 0.3) is 6.08 Å². The number of nitriles is 1. The van der Waals surface area contributed by atoms with Crippen molar-refractivity contribution in [3.63, 3.8) is 0 Å². The molecule has 0 fully saturated rings. The van der Waals surface area contributed by atoms with Crippen LogP contribution in [0.2, 0.25) is 0 Å². The molecule has 0 aromatic heterocycles. The third-order valence-electron chi connectivity index (χ3n) is 4.34. The first-order valence-corrected chi connectivity index (χ1v) is 9.03. The first-order chi connectivity index (χ1) is 13.2. The van der Waals surface area contributed by atoms with Crippen molar-refractivity contribution in [2.45, 2.75) is 46.3 Å². The number of carbonyl (C=O) groups is 2. The summed E-state index contributed by atoms with van der Waals surface area (Å²) in [6.07, 6.45) is 2.75. The number of allylic oxidation sites excluding steroid dienone is 1. The molecule has 1 aromatic rings. The molecule has 7 heteroatoms. The minimum absolute atomic E-state index is 0.106. The zero-order valence-electron chi connectivity index (χ0n) is 17.2. The number of esters is 1. The van der Waals surface area contributed by atoms with E-state index in [2.05, 4.69) is 11.4 Å². The Labute approximate surface area is 166 Å². The van der Waals surface area contributed by atoms with Gasteiger partial charge >= 0.3 is 5.97 Å². The lowest BCUT2D eigenvalue weighted by atomic mass is 9.90. The molecule has 0 heterocycles. The van der Waals surface area contributed by atoms with Crippen LogP contribution in [0.1, 0.15) is 40.2 Å². The van der Waals surface area contributed by atoms with Crippen molar-refractivity contribution in [2.24, 2.45) is 5.92 Å². The molecular formula is C21H28N2O5. The zero-order chi connectivity index (χ0) is 21.3. The molecule has 1 amide bonds. The molecule has 0 aliphatic heterocycles. The van der Waals surface area contributed by atoms with Crippen LogP contribution in [0, 0.1) is 17.2 Å². The summed E-state index contributed by atoms with van der Waals surface area (Å²) in [4.78, 5) is 24.2. The van der Waals surface area contributed by atoms with Gasteiger partial charge < -0.3 is 19.5 Å². The van der Waals surface area contributed by atoms with Gasteiger partial charge in [-0.2, -0.15) is 5.26 Å². The fourth-order valence-corrected chi connectivity index (χ4v) is 2.18. The fourth-order valence-electron chi connectivity index (χ4n) is 2.18. The molecular weight excluding hydrogens is 360 g/mol. The number of carbonyl (C=O) groups excluding carboxylic acids is 2. The molecule has 0 saturated carbocycles. The maximum Gasteiger partial charge on any atom is 0.344 e. The summed E-state index contributed by atoms with van der Waals surface area (Å²) in [5.74, 6) is -0.479. The van der Waals surface area contributed by atoms with E-state index in [1.54, 1.807) is 19.1 Å². The van der Waals surface area contributed by atoms with E-state index in [1.807, 2.05) is 39.0 Å². The molecule has 28 heavy (non-hydrogen) atoms. The van der Waals surface area contributed by atoms with E-state index in [9.17, 15) is 14.9 Å². The third-order valence-corrected chi connectivity index (χ3v) is 4.34. The molecule has 7 nitrogen and oxygen atoms in total. The lowest BCUT2D eigenvalue weighted by molar-refractivity contribution is -0.157. The number of methoxy groups -OCH3 is 1. The number of nitrogens with one attached hydrogen (secondary N) is 1. The van der Waals surface area contributed by atoms with Crippen LogP contribution in [0.5, 0.6) is 11.5 Å². The van der Waals surface area contributed by atoms with E-state index in [-0.39, 0.29) is 12.5 Å². The third kappa shape index (κ3) is 6.31. The molecule has 0 bridgehead atoms. The van der Waals surface area contributed by atoms with Gasteiger partial charge in [-0.15, -0.1) is 0 Å². The molecule has 1 rings (SSSR count). The number of rotatable bonds is 9. The van der Waals surface area contributed by atoms with Crippen LogP contribution in [-0.2, 0) is 14.3 Å². The summed E-state index contributed by atoms with van der Waals surface area (Å²) in [5, 5.41) is 11.9. The Morgan fingerprint density at radius 1 is 1.29 bits per heavy atom. The average molecular weight is 388 g/mol. The quantitative estimate of drug-likeness (QED) is 0.653. The molecule has 1 N–H and O–H groups in total. The van der Waals surface area contributed by atoms with Crippen LogP contribution < -0.4 is 14.8 Å². The Morgan fingerprint density at radius 2 is 1.96 bits per heavy atom. The number of hydrogen-bond donors (Lipinski definition) is 1.